The van der Waals surface area contributed by atoms with Crippen LogP contribution in [0.5, 0.6) is 0 Å². The first kappa shape index (κ1) is 12.6. The maximum atomic E-state index is 11.2. The monoisotopic (exact) mass is 238 g/mol. The molecule has 0 saturated heterocycles. The van der Waals surface area contributed by atoms with Crippen LogP contribution in [0.25, 0.3) is 11.1 Å². The summed E-state index contributed by atoms with van der Waals surface area (Å²) in [5, 5.41) is 0. The standard InChI is InChI=1S/C17H18O/c1-3-5-14-6-4-7-17(12-14)16-10-8-15(9-11-16)13(2)18/h4,6-12H,3,5H2,1-2H3. The molecular formula is C17H18O. The third-order valence-electron chi connectivity index (χ3n) is 3.09. The zero-order valence-corrected chi connectivity index (χ0v) is 10.9. The molecule has 2 aromatic rings. The smallest absolute Gasteiger partial charge is 0.159 e. The van der Waals surface area contributed by atoms with E-state index >= 15 is 0 Å². The Labute approximate surface area is 108 Å². The summed E-state index contributed by atoms with van der Waals surface area (Å²) in [6.07, 6.45) is 2.27. The van der Waals surface area contributed by atoms with Crippen LogP contribution >= 0.6 is 0 Å². The van der Waals surface area contributed by atoms with Crippen molar-refractivity contribution in [3.8, 4) is 11.1 Å². The Bertz CT molecular complexity index is 538. The van der Waals surface area contributed by atoms with Gasteiger partial charge in [0.25, 0.3) is 0 Å². The average molecular weight is 238 g/mol. The Balaban J connectivity index is 2.30. The largest absolute Gasteiger partial charge is 0.295 e. The van der Waals surface area contributed by atoms with Gasteiger partial charge in [-0.15, -0.1) is 0 Å². The van der Waals surface area contributed by atoms with E-state index in [1.807, 2.05) is 24.3 Å². The molecule has 0 aromatic heterocycles. The fraction of sp³-hybridized carbons (Fsp3) is 0.235. The normalized spacial score (nSPS) is 10.3. The summed E-state index contributed by atoms with van der Waals surface area (Å²) in [5.41, 5.74) is 4.52. The Morgan fingerprint density at radius 3 is 2.33 bits per heavy atom. The number of aryl methyl sites for hydroxylation is 1. The summed E-state index contributed by atoms with van der Waals surface area (Å²) in [6.45, 7) is 3.78. The number of rotatable bonds is 4. The van der Waals surface area contributed by atoms with Crippen LogP contribution in [0.1, 0.15) is 36.2 Å². The molecule has 1 nitrogen and oxygen atoms in total. The first-order chi connectivity index (χ1) is 8.70. The second kappa shape index (κ2) is 5.63. The molecule has 0 N–H and O–H groups in total. The third-order valence-corrected chi connectivity index (χ3v) is 3.09. The van der Waals surface area contributed by atoms with Crippen molar-refractivity contribution in [2.75, 3.05) is 0 Å². The maximum absolute atomic E-state index is 11.2. The van der Waals surface area contributed by atoms with E-state index in [1.54, 1.807) is 6.92 Å². The predicted molar refractivity (Wildman–Crippen MR) is 75.9 cm³/mol. The molecule has 0 amide bonds. The Hall–Kier alpha value is -1.89. The average Bonchev–Trinajstić information content (AvgIpc) is 2.39. The summed E-state index contributed by atoms with van der Waals surface area (Å²) in [4.78, 5) is 11.2. The highest BCUT2D eigenvalue weighted by Gasteiger charge is 2.01. The van der Waals surface area contributed by atoms with Crippen LogP contribution in [0.15, 0.2) is 48.5 Å². The van der Waals surface area contributed by atoms with Crippen molar-refractivity contribution in [2.45, 2.75) is 26.7 Å². The van der Waals surface area contributed by atoms with Crippen molar-refractivity contribution in [3.63, 3.8) is 0 Å². The zero-order chi connectivity index (χ0) is 13.0. The number of ketones is 1. The van der Waals surface area contributed by atoms with Gasteiger partial charge in [-0.05, 0) is 30.0 Å². The van der Waals surface area contributed by atoms with Crippen molar-refractivity contribution >= 4 is 5.78 Å². The molecule has 0 unspecified atom stereocenters. The van der Waals surface area contributed by atoms with Gasteiger partial charge in [0.15, 0.2) is 5.78 Å². The minimum atomic E-state index is 0.112. The summed E-state index contributed by atoms with van der Waals surface area (Å²) >= 11 is 0. The molecule has 0 atom stereocenters. The molecule has 0 spiro atoms. The Morgan fingerprint density at radius 2 is 1.72 bits per heavy atom. The first-order valence-corrected chi connectivity index (χ1v) is 6.41. The summed E-state index contributed by atoms with van der Waals surface area (Å²) in [5.74, 6) is 0.112. The van der Waals surface area contributed by atoms with Crippen molar-refractivity contribution in [1.29, 1.82) is 0 Å². The van der Waals surface area contributed by atoms with Crippen molar-refractivity contribution in [2.24, 2.45) is 0 Å². The van der Waals surface area contributed by atoms with E-state index in [0.29, 0.717) is 0 Å². The van der Waals surface area contributed by atoms with Gasteiger partial charge >= 0.3 is 0 Å². The number of carbonyl (C=O) groups is 1. The molecule has 0 aliphatic carbocycles. The molecule has 2 rings (SSSR count). The minimum absolute atomic E-state index is 0.112. The fourth-order valence-corrected chi connectivity index (χ4v) is 2.09. The van der Waals surface area contributed by atoms with E-state index in [9.17, 15) is 4.79 Å². The quantitative estimate of drug-likeness (QED) is 0.716. The highest BCUT2D eigenvalue weighted by Crippen LogP contribution is 2.21. The molecule has 0 bridgehead atoms. The fourth-order valence-electron chi connectivity index (χ4n) is 2.09. The summed E-state index contributed by atoms with van der Waals surface area (Å²) in [7, 11) is 0. The van der Waals surface area contributed by atoms with Gasteiger partial charge in [-0.2, -0.15) is 0 Å². The van der Waals surface area contributed by atoms with Gasteiger partial charge < -0.3 is 0 Å². The first-order valence-electron chi connectivity index (χ1n) is 6.41. The van der Waals surface area contributed by atoms with Crippen LogP contribution < -0.4 is 0 Å². The summed E-state index contributed by atoms with van der Waals surface area (Å²) < 4.78 is 0. The molecule has 2 aromatic carbocycles. The number of hydrogen-bond acceptors (Lipinski definition) is 1. The Morgan fingerprint density at radius 1 is 1.00 bits per heavy atom. The van der Waals surface area contributed by atoms with Gasteiger partial charge in [0.1, 0.15) is 0 Å². The van der Waals surface area contributed by atoms with Crippen molar-refractivity contribution < 1.29 is 4.79 Å². The Kier molecular flexibility index (Phi) is 3.93. The highest BCUT2D eigenvalue weighted by atomic mass is 16.1. The van der Waals surface area contributed by atoms with E-state index in [0.717, 1.165) is 24.0 Å². The molecule has 0 aliphatic heterocycles. The van der Waals surface area contributed by atoms with Crippen LogP contribution in [0.3, 0.4) is 0 Å². The van der Waals surface area contributed by atoms with Crippen LogP contribution in [-0.2, 0) is 6.42 Å². The molecule has 18 heavy (non-hydrogen) atoms. The molecule has 0 saturated carbocycles. The van der Waals surface area contributed by atoms with E-state index in [4.69, 9.17) is 0 Å². The van der Waals surface area contributed by atoms with Crippen LogP contribution in [0.2, 0.25) is 0 Å². The second-order valence-corrected chi connectivity index (χ2v) is 4.58. The molecule has 0 aliphatic rings. The number of Topliss-reactive ketones (excluding diaryl/α,β-unsaturated/α-hetero) is 1. The van der Waals surface area contributed by atoms with E-state index in [1.165, 1.54) is 11.1 Å². The van der Waals surface area contributed by atoms with E-state index < -0.39 is 0 Å². The molecule has 0 heterocycles. The number of carbonyl (C=O) groups excluding carboxylic acids is 1. The lowest BCUT2D eigenvalue weighted by Gasteiger charge is -2.05. The number of benzene rings is 2. The summed E-state index contributed by atoms with van der Waals surface area (Å²) in [6, 6.07) is 16.4. The van der Waals surface area contributed by atoms with Crippen LogP contribution in [-0.4, -0.2) is 5.78 Å². The third kappa shape index (κ3) is 2.86. The zero-order valence-electron chi connectivity index (χ0n) is 10.9. The predicted octanol–water partition coefficient (Wildman–Crippen LogP) is 4.51. The van der Waals surface area contributed by atoms with Gasteiger partial charge in [0, 0.05) is 5.56 Å². The van der Waals surface area contributed by atoms with Gasteiger partial charge in [-0.25, -0.2) is 0 Å². The van der Waals surface area contributed by atoms with E-state index in [2.05, 4.69) is 31.2 Å². The number of hydrogen-bond donors (Lipinski definition) is 0. The molecule has 1 heteroatoms. The second-order valence-electron chi connectivity index (χ2n) is 4.58. The SMILES string of the molecule is CCCc1cccc(-c2ccc(C(C)=O)cc2)c1. The van der Waals surface area contributed by atoms with Crippen LogP contribution in [0, 0.1) is 0 Å². The molecule has 0 fully saturated rings. The molecule has 92 valence electrons. The topological polar surface area (TPSA) is 17.1 Å². The lowest BCUT2D eigenvalue weighted by Crippen LogP contribution is -1.91. The maximum Gasteiger partial charge on any atom is 0.159 e. The molecular weight excluding hydrogens is 220 g/mol. The van der Waals surface area contributed by atoms with Crippen LogP contribution in [0.4, 0.5) is 0 Å². The van der Waals surface area contributed by atoms with Gasteiger partial charge in [0.2, 0.25) is 0 Å². The molecule has 0 radical (unpaired) electrons. The van der Waals surface area contributed by atoms with Gasteiger partial charge in [-0.3, -0.25) is 4.79 Å². The lowest BCUT2D eigenvalue weighted by atomic mass is 9.99. The highest BCUT2D eigenvalue weighted by molar-refractivity contribution is 5.94. The minimum Gasteiger partial charge on any atom is -0.295 e. The van der Waals surface area contributed by atoms with Gasteiger partial charge in [-0.1, -0.05) is 61.9 Å². The lowest BCUT2D eigenvalue weighted by molar-refractivity contribution is 0.101. The van der Waals surface area contributed by atoms with Crippen molar-refractivity contribution in [1.82, 2.24) is 0 Å². The van der Waals surface area contributed by atoms with E-state index in [-0.39, 0.29) is 5.78 Å². The van der Waals surface area contributed by atoms with Crippen molar-refractivity contribution in [3.05, 3.63) is 59.7 Å². The van der Waals surface area contributed by atoms with Gasteiger partial charge in [0.05, 0.1) is 0 Å².